The smallest absolute Gasteiger partial charge is 0.234 e. The van der Waals surface area contributed by atoms with Gasteiger partial charge in [-0.05, 0) is 36.4 Å². The molecule has 1 amide bonds. The fourth-order valence-electron chi connectivity index (χ4n) is 2.19. The molecule has 0 unspecified atom stereocenters. The Morgan fingerprint density at radius 3 is 2.52 bits per heavy atom. The van der Waals surface area contributed by atoms with E-state index in [1.165, 1.54) is 11.8 Å². The number of aromatic nitrogens is 3. The highest BCUT2D eigenvalue weighted by atomic mass is 32.2. The van der Waals surface area contributed by atoms with Gasteiger partial charge in [-0.25, -0.2) is 9.67 Å². The zero-order valence-electron chi connectivity index (χ0n) is 14.1. The number of hydrogen-bond donors (Lipinski definition) is 1. The van der Waals surface area contributed by atoms with Crippen LogP contribution in [0.1, 0.15) is 0 Å². The van der Waals surface area contributed by atoms with E-state index in [1.807, 2.05) is 73.6 Å². The molecule has 128 valence electrons. The van der Waals surface area contributed by atoms with Crippen LogP contribution in [0, 0.1) is 0 Å². The molecule has 0 saturated carbocycles. The first-order chi connectivity index (χ1) is 12.1. The number of carbonyl (C=O) groups is 1. The molecule has 0 atom stereocenters. The van der Waals surface area contributed by atoms with Crippen LogP contribution in [-0.2, 0) is 4.79 Å². The van der Waals surface area contributed by atoms with Crippen LogP contribution >= 0.6 is 11.8 Å². The monoisotopic (exact) mass is 353 g/mol. The van der Waals surface area contributed by atoms with Gasteiger partial charge < -0.3 is 10.2 Å². The molecule has 2 aromatic carbocycles. The van der Waals surface area contributed by atoms with Crippen molar-refractivity contribution in [1.82, 2.24) is 14.8 Å². The summed E-state index contributed by atoms with van der Waals surface area (Å²) in [6.45, 7) is 0. The fourth-order valence-corrected chi connectivity index (χ4v) is 2.79. The molecular formula is C18H19N5OS. The standard InChI is InChI=1S/C18H19N5OS/c1-22(2)15-10-8-14(9-11-15)20-17(24)12-25-18-19-13-23(21-18)16-6-4-3-5-7-16/h3-11,13H,12H2,1-2H3,(H,20,24). The van der Waals surface area contributed by atoms with Crippen LogP contribution in [0.15, 0.2) is 66.1 Å². The molecule has 0 radical (unpaired) electrons. The van der Waals surface area contributed by atoms with Gasteiger partial charge in [-0.1, -0.05) is 30.0 Å². The first-order valence-corrected chi connectivity index (χ1v) is 8.77. The summed E-state index contributed by atoms with van der Waals surface area (Å²) < 4.78 is 1.69. The Labute approximate surface area is 150 Å². The van der Waals surface area contributed by atoms with E-state index in [-0.39, 0.29) is 11.7 Å². The summed E-state index contributed by atoms with van der Waals surface area (Å²) in [4.78, 5) is 18.3. The molecule has 1 heterocycles. The summed E-state index contributed by atoms with van der Waals surface area (Å²) in [5.41, 5.74) is 2.80. The molecule has 0 bridgehead atoms. The predicted octanol–water partition coefficient (Wildman–Crippen LogP) is 3.06. The van der Waals surface area contributed by atoms with E-state index in [1.54, 1.807) is 11.0 Å². The fraction of sp³-hybridized carbons (Fsp3) is 0.167. The van der Waals surface area contributed by atoms with Crippen molar-refractivity contribution in [3.8, 4) is 5.69 Å². The molecular weight excluding hydrogens is 334 g/mol. The van der Waals surface area contributed by atoms with Crippen LogP contribution in [-0.4, -0.2) is 40.5 Å². The van der Waals surface area contributed by atoms with Crippen molar-refractivity contribution in [2.24, 2.45) is 0 Å². The highest BCUT2D eigenvalue weighted by Crippen LogP contribution is 2.17. The van der Waals surface area contributed by atoms with E-state index in [0.29, 0.717) is 5.16 Å². The second-order valence-electron chi connectivity index (χ2n) is 5.59. The predicted molar refractivity (Wildman–Crippen MR) is 101 cm³/mol. The van der Waals surface area contributed by atoms with Gasteiger partial charge in [0.1, 0.15) is 6.33 Å². The lowest BCUT2D eigenvalue weighted by Gasteiger charge is -2.12. The summed E-state index contributed by atoms with van der Waals surface area (Å²) in [5.74, 6) is 0.174. The highest BCUT2D eigenvalue weighted by molar-refractivity contribution is 7.99. The number of hydrogen-bond acceptors (Lipinski definition) is 5. The molecule has 0 aliphatic carbocycles. The number of amides is 1. The minimum absolute atomic E-state index is 0.0846. The second kappa shape index (κ2) is 7.85. The summed E-state index contributed by atoms with van der Waals surface area (Å²) in [7, 11) is 3.96. The lowest BCUT2D eigenvalue weighted by molar-refractivity contribution is -0.113. The van der Waals surface area contributed by atoms with Crippen LogP contribution in [0.25, 0.3) is 5.69 Å². The largest absolute Gasteiger partial charge is 0.378 e. The van der Waals surface area contributed by atoms with Gasteiger partial charge in [-0.3, -0.25) is 4.79 Å². The third kappa shape index (κ3) is 4.60. The molecule has 0 aliphatic heterocycles. The number of nitrogens with zero attached hydrogens (tertiary/aromatic N) is 4. The molecule has 3 aromatic rings. The first kappa shape index (κ1) is 17.0. The Bertz CT molecular complexity index is 830. The summed E-state index contributed by atoms with van der Waals surface area (Å²) in [6.07, 6.45) is 1.65. The van der Waals surface area contributed by atoms with Gasteiger partial charge >= 0.3 is 0 Å². The zero-order valence-corrected chi connectivity index (χ0v) is 14.9. The lowest BCUT2D eigenvalue weighted by Crippen LogP contribution is -2.14. The molecule has 1 N–H and O–H groups in total. The lowest BCUT2D eigenvalue weighted by atomic mass is 10.2. The summed E-state index contributed by atoms with van der Waals surface area (Å²) >= 11 is 1.31. The zero-order chi connectivity index (χ0) is 17.6. The SMILES string of the molecule is CN(C)c1ccc(NC(=O)CSc2ncn(-c3ccccc3)n2)cc1. The summed E-state index contributed by atoms with van der Waals surface area (Å²) in [5, 5.41) is 7.82. The van der Waals surface area contributed by atoms with Crippen molar-refractivity contribution >= 4 is 29.0 Å². The van der Waals surface area contributed by atoms with Gasteiger partial charge in [-0.15, -0.1) is 5.10 Å². The van der Waals surface area contributed by atoms with Crippen LogP contribution in [0.4, 0.5) is 11.4 Å². The van der Waals surface area contributed by atoms with Gasteiger partial charge in [0.15, 0.2) is 0 Å². The molecule has 1 aromatic heterocycles. The van der Waals surface area contributed by atoms with Gasteiger partial charge in [-0.2, -0.15) is 0 Å². The Balaban J connectivity index is 1.53. The molecule has 0 saturated heterocycles. The molecule has 7 heteroatoms. The molecule has 0 spiro atoms. The van der Waals surface area contributed by atoms with Crippen molar-refractivity contribution in [2.45, 2.75) is 5.16 Å². The van der Waals surface area contributed by atoms with Crippen LogP contribution in [0.3, 0.4) is 0 Å². The van der Waals surface area contributed by atoms with E-state index in [4.69, 9.17) is 0 Å². The maximum absolute atomic E-state index is 12.1. The topological polar surface area (TPSA) is 63.1 Å². The highest BCUT2D eigenvalue weighted by Gasteiger charge is 2.08. The van der Waals surface area contributed by atoms with E-state index >= 15 is 0 Å². The van der Waals surface area contributed by atoms with E-state index < -0.39 is 0 Å². The van der Waals surface area contributed by atoms with Gasteiger partial charge in [0.05, 0.1) is 11.4 Å². The molecule has 25 heavy (non-hydrogen) atoms. The Hall–Kier alpha value is -2.80. The average Bonchev–Trinajstić information content (AvgIpc) is 3.10. The van der Waals surface area contributed by atoms with Crippen molar-refractivity contribution in [1.29, 1.82) is 0 Å². The number of rotatable bonds is 6. The van der Waals surface area contributed by atoms with E-state index in [2.05, 4.69) is 15.4 Å². The quantitative estimate of drug-likeness (QED) is 0.690. The maximum Gasteiger partial charge on any atom is 0.234 e. The normalized spacial score (nSPS) is 10.5. The van der Waals surface area contributed by atoms with E-state index in [9.17, 15) is 4.79 Å². The first-order valence-electron chi connectivity index (χ1n) is 7.79. The van der Waals surface area contributed by atoms with Crippen molar-refractivity contribution in [3.05, 3.63) is 60.9 Å². The number of nitrogens with one attached hydrogen (secondary N) is 1. The molecule has 3 rings (SSSR count). The van der Waals surface area contributed by atoms with E-state index in [0.717, 1.165) is 17.1 Å². The van der Waals surface area contributed by atoms with Crippen LogP contribution in [0.5, 0.6) is 0 Å². The van der Waals surface area contributed by atoms with Crippen LogP contribution < -0.4 is 10.2 Å². The Kier molecular flexibility index (Phi) is 5.35. The minimum Gasteiger partial charge on any atom is -0.378 e. The Morgan fingerprint density at radius 2 is 1.84 bits per heavy atom. The van der Waals surface area contributed by atoms with Gasteiger partial charge in [0.2, 0.25) is 11.1 Å². The number of para-hydroxylation sites is 1. The van der Waals surface area contributed by atoms with Crippen molar-refractivity contribution in [2.75, 3.05) is 30.1 Å². The second-order valence-corrected chi connectivity index (χ2v) is 6.53. The number of anilines is 2. The minimum atomic E-state index is -0.0846. The number of benzene rings is 2. The van der Waals surface area contributed by atoms with Crippen molar-refractivity contribution in [3.63, 3.8) is 0 Å². The van der Waals surface area contributed by atoms with Crippen molar-refractivity contribution < 1.29 is 4.79 Å². The number of carbonyl (C=O) groups excluding carboxylic acids is 1. The van der Waals surface area contributed by atoms with Gasteiger partial charge in [0, 0.05) is 25.5 Å². The number of thioether (sulfide) groups is 1. The van der Waals surface area contributed by atoms with Gasteiger partial charge in [0.25, 0.3) is 0 Å². The third-order valence-electron chi connectivity index (χ3n) is 3.49. The average molecular weight is 353 g/mol. The summed E-state index contributed by atoms with van der Waals surface area (Å²) in [6, 6.07) is 17.4. The molecule has 0 aliphatic rings. The third-order valence-corrected chi connectivity index (χ3v) is 4.34. The molecule has 6 nitrogen and oxygen atoms in total. The maximum atomic E-state index is 12.1. The molecule has 0 fully saturated rings. The Morgan fingerprint density at radius 1 is 1.12 bits per heavy atom. The van der Waals surface area contributed by atoms with Crippen LogP contribution in [0.2, 0.25) is 0 Å².